The molecule has 54 valence electrons. The summed E-state index contributed by atoms with van der Waals surface area (Å²) in [5, 5.41) is 19.3. The van der Waals surface area contributed by atoms with E-state index >= 15 is 0 Å². The van der Waals surface area contributed by atoms with Crippen LogP contribution in [-0.4, -0.2) is 23.4 Å². The van der Waals surface area contributed by atoms with Gasteiger partial charge in [-0.3, -0.25) is 0 Å². The summed E-state index contributed by atoms with van der Waals surface area (Å²) in [6, 6.07) is 1.36. The van der Waals surface area contributed by atoms with Crippen LogP contribution in [0.25, 0.3) is 0 Å². The lowest BCUT2D eigenvalue weighted by molar-refractivity contribution is -0.129. The van der Waals surface area contributed by atoms with E-state index in [2.05, 4.69) is 9.99 Å². The Labute approximate surface area is 57.5 Å². The number of nitrogens with zero attached hydrogens (tertiary/aromatic N) is 2. The van der Waals surface area contributed by atoms with Crippen LogP contribution >= 0.6 is 0 Å². The van der Waals surface area contributed by atoms with Gasteiger partial charge in [-0.2, -0.15) is 5.26 Å². The Kier molecular flexibility index (Phi) is 3.64. The number of carbonyl (C=O) groups is 1. The van der Waals surface area contributed by atoms with Gasteiger partial charge < -0.3 is 9.94 Å². The minimum atomic E-state index is -1.38. The highest BCUT2D eigenvalue weighted by Gasteiger charge is 2.07. The number of carboxylic acids is 1. The molecule has 5 heteroatoms. The molecule has 0 bridgehead atoms. The molecule has 0 heterocycles. The fourth-order valence-corrected chi connectivity index (χ4v) is 0.236. The molecule has 0 fully saturated rings. The van der Waals surface area contributed by atoms with Crippen molar-refractivity contribution in [1.82, 2.24) is 0 Å². The van der Waals surface area contributed by atoms with E-state index in [1.54, 1.807) is 6.92 Å². The second-order valence-electron chi connectivity index (χ2n) is 1.27. The fraction of sp³-hybridized carbons (Fsp3) is 0.400. The number of aliphatic carboxylic acids is 1. The zero-order valence-corrected chi connectivity index (χ0v) is 5.37. The quantitative estimate of drug-likeness (QED) is 0.443. The molecule has 10 heavy (non-hydrogen) atoms. The largest absolute Gasteiger partial charge is 0.476 e. The van der Waals surface area contributed by atoms with Crippen molar-refractivity contribution < 1.29 is 14.7 Å². The van der Waals surface area contributed by atoms with Crippen molar-refractivity contribution in [3.63, 3.8) is 0 Å². The highest BCUT2D eigenvalue weighted by Crippen LogP contribution is 1.79. The van der Waals surface area contributed by atoms with E-state index in [0.29, 0.717) is 0 Å². The molecule has 0 aliphatic heterocycles. The summed E-state index contributed by atoms with van der Waals surface area (Å²) in [4.78, 5) is 14.3. The van der Waals surface area contributed by atoms with Gasteiger partial charge >= 0.3 is 5.97 Å². The van der Waals surface area contributed by atoms with Crippen LogP contribution in [0.1, 0.15) is 6.92 Å². The molecule has 0 radical (unpaired) electrons. The van der Waals surface area contributed by atoms with E-state index in [0.717, 1.165) is 0 Å². The van der Waals surface area contributed by atoms with Crippen LogP contribution in [0.15, 0.2) is 5.16 Å². The third-order valence-corrected chi connectivity index (χ3v) is 0.593. The first-order valence-electron chi connectivity index (χ1n) is 2.55. The normalized spacial score (nSPS) is 10.2. The molecule has 0 unspecified atom stereocenters. The second-order valence-corrected chi connectivity index (χ2v) is 1.27. The lowest BCUT2D eigenvalue weighted by atomic mass is 10.4. The van der Waals surface area contributed by atoms with Gasteiger partial charge in [0.1, 0.15) is 12.7 Å². The van der Waals surface area contributed by atoms with Crippen molar-refractivity contribution in [1.29, 1.82) is 5.26 Å². The van der Waals surface area contributed by atoms with E-state index in [1.165, 1.54) is 6.07 Å². The van der Waals surface area contributed by atoms with Crippen LogP contribution in [0, 0.1) is 11.3 Å². The van der Waals surface area contributed by atoms with Crippen molar-refractivity contribution in [2.24, 2.45) is 5.16 Å². The van der Waals surface area contributed by atoms with Crippen molar-refractivity contribution in [2.75, 3.05) is 6.61 Å². The van der Waals surface area contributed by atoms with Crippen molar-refractivity contribution >= 4 is 11.7 Å². The average Bonchev–Trinajstić information content (AvgIpc) is 1.89. The molecule has 0 aromatic rings. The van der Waals surface area contributed by atoms with E-state index in [4.69, 9.17) is 10.4 Å². The Morgan fingerprint density at radius 1 is 1.90 bits per heavy atom. The predicted molar refractivity (Wildman–Crippen MR) is 32.3 cm³/mol. The van der Waals surface area contributed by atoms with Crippen LogP contribution in [0.5, 0.6) is 0 Å². The number of hydrogen-bond donors (Lipinski definition) is 1. The maximum absolute atomic E-state index is 10.0. The minimum Gasteiger partial charge on any atom is -0.476 e. The molecule has 0 aromatic heterocycles. The summed E-state index contributed by atoms with van der Waals surface area (Å²) >= 11 is 0. The molecule has 0 saturated carbocycles. The first kappa shape index (κ1) is 8.43. The maximum Gasteiger partial charge on any atom is 0.369 e. The topological polar surface area (TPSA) is 82.7 Å². The van der Waals surface area contributed by atoms with Gasteiger partial charge in [0.05, 0.1) is 0 Å². The Balaban J connectivity index is 4.09. The average molecular weight is 142 g/mol. The van der Waals surface area contributed by atoms with Crippen LogP contribution in [0.4, 0.5) is 0 Å². The first-order valence-corrected chi connectivity index (χ1v) is 2.55. The van der Waals surface area contributed by atoms with Crippen LogP contribution < -0.4 is 0 Å². The monoisotopic (exact) mass is 142 g/mol. The van der Waals surface area contributed by atoms with Crippen LogP contribution in [-0.2, 0) is 9.63 Å². The van der Waals surface area contributed by atoms with E-state index in [-0.39, 0.29) is 6.61 Å². The van der Waals surface area contributed by atoms with E-state index in [1.807, 2.05) is 0 Å². The van der Waals surface area contributed by atoms with Gasteiger partial charge in [-0.1, -0.05) is 5.16 Å². The van der Waals surface area contributed by atoms with Gasteiger partial charge in [0, 0.05) is 0 Å². The zero-order chi connectivity index (χ0) is 7.98. The van der Waals surface area contributed by atoms with Gasteiger partial charge in [-0.25, -0.2) is 4.79 Å². The summed E-state index contributed by atoms with van der Waals surface area (Å²) in [7, 11) is 0. The highest BCUT2D eigenvalue weighted by molar-refractivity contribution is 6.42. The SMILES string of the molecule is CCO/N=C(\C#N)C(=O)O. The molecule has 0 saturated heterocycles. The molecular formula is C5H6N2O3. The summed E-state index contributed by atoms with van der Waals surface area (Å²) < 4.78 is 0. The Morgan fingerprint density at radius 2 is 2.50 bits per heavy atom. The standard InChI is InChI=1S/C5H6N2O3/c1-2-10-7-4(3-6)5(8)9/h2H2,1H3,(H,8,9)/b7-4+. The molecule has 0 spiro atoms. The fourth-order valence-electron chi connectivity index (χ4n) is 0.236. The number of carboxylic acid groups (broad SMARTS) is 1. The zero-order valence-electron chi connectivity index (χ0n) is 5.37. The van der Waals surface area contributed by atoms with Gasteiger partial charge in [0.2, 0.25) is 0 Å². The highest BCUT2D eigenvalue weighted by atomic mass is 16.6. The molecule has 5 nitrogen and oxygen atoms in total. The molecule has 0 amide bonds. The van der Waals surface area contributed by atoms with Gasteiger partial charge in [0.25, 0.3) is 5.71 Å². The first-order chi connectivity index (χ1) is 4.72. The number of oxime groups is 1. The molecule has 0 atom stereocenters. The van der Waals surface area contributed by atoms with E-state index < -0.39 is 11.7 Å². The molecule has 1 N–H and O–H groups in total. The summed E-state index contributed by atoms with van der Waals surface area (Å²) in [6.07, 6.45) is 0. The molecular weight excluding hydrogens is 136 g/mol. The molecule has 0 aliphatic carbocycles. The molecule has 0 aliphatic rings. The Bertz CT molecular complexity index is 192. The van der Waals surface area contributed by atoms with Crippen molar-refractivity contribution in [2.45, 2.75) is 6.92 Å². The number of rotatable bonds is 3. The molecule has 0 rings (SSSR count). The second kappa shape index (κ2) is 4.32. The lowest BCUT2D eigenvalue weighted by Gasteiger charge is -1.89. The molecule has 0 aromatic carbocycles. The predicted octanol–water partition coefficient (Wildman–Crippen LogP) is -0.0129. The van der Waals surface area contributed by atoms with Crippen LogP contribution in [0.2, 0.25) is 0 Å². The third-order valence-electron chi connectivity index (χ3n) is 0.593. The van der Waals surface area contributed by atoms with Crippen LogP contribution in [0.3, 0.4) is 0 Å². The Morgan fingerprint density at radius 3 is 2.80 bits per heavy atom. The third kappa shape index (κ3) is 2.67. The lowest BCUT2D eigenvalue weighted by Crippen LogP contribution is -2.10. The summed E-state index contributed by atoms with van der Waals surface area (Å²) in [5.74, 6) is -1.38. The van der Waals surface area contributed by atoms with E-state index in [9.17, 15) is 4.79 Å². The minimum absolute atomic E-state index is 0.248. The Hall–Kier alpha value is -1.57. The van der Waals surface area contributed by atoms with Gasteiger partial charge in [0.15, 0.2) is 0 Å². The number of hydrogen-bond acceptors (Lipinski definition) is 4. The summed E-state index contributed by atoms with van der Waals surface area (Å²) in [5.41, 5.74) is -0.637. The van der Waals surface area contributed by atoms with Gasteiger partial charge in [-0.15, -0.1) is 0 Å². The smallest absolute Gasteiger partial charge is 0.369 e. The summed E-state index contributed by atoms with van der Waals surface area (Å²) in [6.45, 7) is 1.89. The maximum atomic E-state index is 10.0. The van der Waals surface area contributed by atoms with Gasteiger partial charge in [-0.05, 0) is 6.92 Å². The van der Waals surface area contributed by atoms with Crippen molar-refractivity contribution in [3.05, 3.63) is 0 Å². The van der Waals surface area contributed by atoms with Crippen molar-refractivity contribution in [3.8, 4) is 6.07 Å². The number of nitriles is 1.